The first kappa shape index (κ1) is 27.5. The van der Waals surface area contributed by atoms with Crippen molar-refractivity contribution in [3.05, 3.63) is 59.2 Å². The molecule has 2 aromatic carbocycles. The molecule has 202 valence electrons. The Hall–Kier alpha value is -2.57. The van der Waals surface area contributed by atoms with Gasteiger partial charge in [-0.05, 0) is 74.3 Å². The summed E-state index contributed by atoms with van der Waals surface area (Å²) >= 11 is 0. The third kappa shape index (κ3) is 7.26. The molecule has 2 aromatic rings. The fraction of sp³-hybridized carbons (Fsp3) is 0.567. The first-order chi connectivity index (χ1) is 17.8. The van der Waals surface area contributed by atoms with Gasteiger partial charge in [0.25, 0.3) is 0 Å². The van der Waals surface area contributed by atoms with Crippen molar-refractivity contribution in [1.82, 2.24) is 0 Å². The fourth-order valence-corrected chi connectivity index (χ4v) is 5.99. The van der Waals surface area contributed by atoms with E-state index in [4.69, 9.17) is 9.47 Å². The second-order valence-corrected chi connectivity index (χ2v) is 10.7. The van der Waals surface area contributed by atoms with E-state index in [2.05, 4.69) is 6.92 Å². The fourth-order valence-electron chi connectivity index (χ4n) is 5.99. The second-order valence-electron chi connectivity index (χ2n) is 10.7. The maximum atomic E-state index is 14.6. The summed E-state index contributed by atoms with van der Waals surface area (Å²) in [5.74, 6) is -3.91. The molecule has 2 fully saturated rings. The van der Waals surface area contributed by atoms with Crippen molar-refractivity contribution < 1.29 is 31.8 Å². The van der Waals surface area contributed by atoms with Gasteiger partial charge in [-0.1, -0.05) is 39.0 Å². The highest BCUT2D eigenvalue weighted by molar-refractivity contribution is 5.91. The van der Waals surface area contributed by atoms with Gasteiger partial charge < -0.3 is 9.47 Å². The Morgan fingerprint density at radius 3 is 1.92 bits per heavy atom. The molecule has 0 aromatic heterocycles. The SMILES string of the molecule is CCCCC1CCC(C2CCC(COc3ccc(C(=O)Oc4cc(F)c(F)c(F)c4)c(F)c3)CC2)CC1. The number of benzene rings is 2. The van der Waals surface area contributed by atoms with Gasteiger partial charge in [0.1, 0.15) is 17.3 Å². The van der Waals surface area contributed by atoms with Crippen LogP contribution in [0.25, 0.3) is 0 Å². The molecule has 0 aliphatic heterocycles. The quantitative estimate of drug-likeness (QED) is 0.144. The van der Waals surface area contributed by atoms with E-state index in [0.29, 0.717) is 30.4 Å². The molecule has 0 spiro atoms. The van der Waals surface area contributed by atoms with E-state index in [9.17, 15) is 22.4 Å². The Labute approximate surface area is 216 Å². The average Bonchev–Trinajstić information content (AvgIpc) is 2.90. The van der Waals surface area contributed by atoms with Crippen LogP contribution >= 0.6 is 0 Å². The smallest absolute Gasteiger partial charge is 0.346 e. The van der Waals surface area contributed by atoms with Crippen LogP contribution in [0.4, 0.5) is 17.6 Å². The van der Waals surface area contributed by atoms with Gasteiger partial charge in [-0.15, -0.1) is 0 Å². The Balaban J connectivity index is 1.22. The average molecular weight is 521 g/mol. The van der Waals surface area contributed by atoms with Crippen LogP contribution in [0.15, 0.2) is 30.3 Å². The minimum absolute atomic E-state index is 0.306. The minimum atomic E-state index is -1.68. The molecule has 7 heteroatoms. The predicted octanol–water partition coefficient (Wildman–Crippen LogP) is 8.64. The summed E-state index contributed by atoms with van der Waals surface area (Å²) in [5, 5.41) is 0. The van der Waals surface area contributed by atoms with Gasteiger partial charge in [0.2, 0.25) is 0 Å². The molecule has 2 aliphatic rings. The maximum absolute atomic E-state index is 14.6. The second kappa shape index (κ2) is 12.8. The number of rotatable bonds is 9. The summed E-state index contributed by atoms with van der Waals surface area (Å²) in [6.45, 7) is 2.76. The first-order valence-electron chi connectivity index (χ1n) is 13.6. The summed E-state index contributed by atoms with van der Waals surface area (Å²) in [6.07, 6.45) is 14.2. The van der Waals surface area contributed by atoms with Crippen LogP contribution in [0, 0.1) is 46.9 Å². The number of unbranched alkanes of at least 4 members (excludes halogenated alkanes) is 1. The molecule has 2 saturated carbocycles. The summed E-state index contributed by atoms with van der Waals surface area (Å²) < 4.78 is 64.9. The summed E-state index contributed by atoms with van der Waals surface area (Å²) in [7, 11) is 0. The number of halogens is 4. The molecular weight excluding hydrogens is 484 g/mol. The van der Waals surface area contributed by atoms with E-state index in [0.717, 1.165) is 36.7 Å². The number of carbonyl (C=O) groups is 1. The highest BCUT2D eigenvalue weighted by atomic mass is 19.2. The first-order valence-corrected chi connectivity index (χ1v) is 13.6. The van der Waals surface area contributed by atoms with Gasteiger partial charge >= 0.3 is 5.97 Å². The van der Waals surface area contributed by atoms with Crippen LogP contribution in [0.5, 0.6) is 11.5 Å². The van der Waals surface area contributed by atoms with Crippen molar-refractivity contribution in [3.8, 4) is 11.5 Å². The Kier molecular flexibility index (Phi) is 9.49. The number of carbonyl (C=O) groups excluding carboxylic acids is 1. The van der Waals surface area contributed by atoms with E-state index in [1.165, 1.54) is 69.9 Å². The van der Waals surface area contributed by atoms with Gasteiger partial charge in [-0.3, -0.25) is 0 Å². The van der Waals surface area contributed by atoms with E-state index in [1.54, 1.807) is 0 Å². The summed E-state index contributed by atoms with van der Waals surface area (Å²) in [6, 6.07) is 4.83. The standard InChI is InChI=1S/C30H36F4O3/c1-2-3-4-19-5-9-21(10-6-19)22-11-7-20(8-12-22)18-36-23-13-14-25(26(31)15-23)30(35)37-24-16-27(32)29(34)28(33)17-24/h13-17,19-22H,2-12,18H2,1H3. The molecule has 0 atom stereocenters. The Bertz CT molecular complexity index is 1030. The molecular formula is C30H36F4O3. The van der Waals surface area contributed by atoms with E-state index in [1.807, 2.05) is 0 Å². The van der Waals surface area contributed by atoms with Crippen LogP contribution in [0.1, 0.15) is 87.9 Å². The summed E-state index contributed by atoms with van der Waals surface area (Å²) in [5.41, 5.74) is -0.414. The molecule has 0 radical (unpaired) electrons. The maximum Gasteiger partial charge on any atom is 0.346 e. The summed E-state index contributed by atoms with van der Waals surface area (Å²) in [4.78, 5) is 12.2. The zero-order valence-electron chi connectivity index (χ0n) is 21.4. The zero-order valence-corrected chi connectivity index (χ0v) is 21.4. The largest absolute Gasteiger partial charge is 0.493 e. The number of hydrogen-bond acceptors (Lipinski definition) is 3. The van der Waals surface area contributed by atoms with Gasteiger partial charge in [0, 0.05) is 18.2 Å². The molecule has 3 nitrogen and oxygen atoms in total. The highest BCUT2D eigenvalue weighted by Crippen LogP contribution is 2.42. The van der Waals surface area contributed by atoms with Crippen molar-refractivity contribution in [2.24, 2.45) is 23.7 Å². The van der Waals surface area contributed by atoms with Crippen molar-refractivity contribution >= 4 is 5.97 Å². The van der Waals surface area contributed by atoms with Crippen LogP contribution in [-0.4, -0.2) is 12.6 Å². The van der Waals surface area contributed by atoms with E-state index in [-0.39, 0.29) is 0 Å². The Morgan fingerprint density at radius 2 is 1.35 bits per heavy atom. The number of esters is 1. The van der Waals surface area contributed by atoms with Crippen LogP contribution in [0.2, 0.25) is 0 Å². The topological polar surface area (TPSA) is 35.5 Å². The lowest BCUT2D eigenvalue weighted by atomic mass is 9.69. The van der Waals surface area contributed by atoms with E-state index < -0.39 is 40.6 Å². The minimum Gasteiger partial charge on any atom is -0.493 e. The van der Waals surface area contributed by atoms with Crippen LogP contribution in [-0.2, 0) is 0 Å². The third-order valence-corrected chi connectivity index (χ3v) is 8.23. The molecule has 0 N–H and O–H groups in total. The third-order valence-electron chi connectivity index (χ3n) is 8.23. The molecule has 0 bridgehead atoms. The lowest BCUT2D eigenvalue weighted by molar-refractivity contribution is 0.0728. The molecule has 37 heavy (non-hydrogen) atoms. The normalized spacial score (nSPS) is 24.0. The van der Waals surface area contributed by atoms with Crippen LogP contribution in [0.3, 0.4) is 0 Å². The predicted molar refractivity (Wildman–Crippen MR) is 134 cm³/mol. The zero-order chi connectivity index (χ0) is 26.4. The Morgan fingerprint density at radius 1 is 0.784 bits per heavy atom. The lowest BCUT2D eigenvalue weighted by Crippen LogP contribution is -2.27. The van der Waals surface area contributed by atoms with Gasteiger partial charge in [0.05, 0.1) is 12.2 Å². The molecule has 0 amide bonds. The van der Waals surface area contributed by atoms with Crippen LogP contribution < -0.4 is 9.47 Å². The molecule has 0 unspecified atom stereocenters. The van der Waals surface area contributed by atoms with Crippen molar-refractivity contribution in [3.63, 3.8) is 0 Å². The monoisotopic (exact) mass is 520 g/mol. The number of ether oxygens (including phenoxy) is 2. The van der Waals surface area contributed by atoms with Crippen molar-refractivity contribution in [2.45, 2.75) is 77.6 Å². The van der Waals surface area contributed by atoms with Gasteiger partial charge in [0.15, 0.2) is 17.5 Å². The van der Waals surface area contributed by atoms with Crippen molar-refractivity contribution in [1.29, 1.82) is 0 Å². The molecule has 2 aliphatic carbocycles. The highest BCUT2D eigenvalue weighted by Gasteiger charge is 2.31. The number of hydrogen-bond donors (Lipinski definition) is 0. The molecule has 0 heterocycles. The van der Waals surface area contributed by atoms with Gasteiger partial charge in [-0.25, -0.2) is 22.4 Å². The molecule has 0 saturated heterocycles. The van der Waals surface area contributed by atoms with E-state index >= 15 is 0 Å². The van der Waals surface area contributed by atoms with Crippen molar-refractivity contribution in [2.75, 3.05) is 6.61 Å². The van der Waals surface area contributed by atoms with Gasteiger partial charge in [-0.2, -0.15) is 0 Å². The molecule has 4 rings (SSSR count). The lowest BCUT2D eigenvalue weighted by Gasteiger charge is -2.37.